The molecule has 0 aromatic heterocycles. The largest absolute Gasteiger partial charge is 0.326 e. The number of anilines is 1. The number of amides is 3. The predicted octanol–water partition coefficient (Wildman–Crippen LogP) is 2.69. The van der Waals surface area contributed by atoms with Crippen molar-refractivity contribution in [1.82, 2.24) is 4.90 Å². The van der Waals surface area contributed by atoms with Crippen LogP contribution in [-0.2, 0) is 14.4 Å². The number of carbonyl (C=O) groups excluding carboxylic acids is 3. The summed E-state index contributed by atoms with van der Waals surface area (Å²) in [6.45, 7) is 4.20. The van der Waals surface area contributed by atoms with Crippen molar-refractivity contribution in [2.24, 2.45) is 35.5 Å². The normalized spacial score (nSPS) is 35.3. The molecular formula is C22H24N2O3. The van der Waals surface area contributed by atoms with E-state index in [-0.39, 0.29) is 54.4 Å². The van der Waals surface area contributed by atoms with Crippen molar-refractivity contribution in [1.29, 1.82) is 0 Å². The maximum absolute atomic E-state index is 12.9. The Bertz CT molecular complexity index is 854. The Hall–Kier alpha value is -2.43. The average Bonchev–Trinajstić information content (AvgIpc) is 3.42. The lowest BCUT2D eigenvalue weighted by Gasteiger charge is -2.37. The molecule has 6 atom stereocenters. The molecule has 0 radical (unpaired) electrons. The fraction of sp³-hybridized carbons (Fsp3) is 0.500. The van der Waals surface area contributed by atoms with Gasteiger partial charge >= 0.3 is 0 Å². The first-order valence-corrected chi connectivity index (χ1v) is 9.86. The molecule has 1 N–H and O–H groups in total. The molecule has 2 saturated carbocycles. The molecule has 1 aliphatic heterocycles. The zero-order valence-corrected chi connectivity index (χ0v) is 15.6. The van der Waals surface area contributed by atoms with Crippen LogP contribution in [0.2, 0.25) is 0 Å². The molecule has 5 heteroatoms. The topological polar surface area (TPSA) is 66.5 Å². The molecule has 0 unspecified atom stereocenters. The van der Waals surface area contributed by atoms with Gasteiger partial charge in [-0.05, 0) is 67.2 Å². The number of nitrogens with one attached hydrogen (secondary N) is 1. The van der Waals surface area contributed by atoms with E-state index in [0.717, 1.165) is 17.7 Å². The standard InChI is InChI=1S/C22H24N2O3/c1-11-3-4-13(9-12(11)2)23-18(25)7-8-24-21(26)19-14-5-6-15(17-10-16(14)17)20(19)22(24)27/h3-6,9,14-17,19-20H,7-8,10H2,1-2H3,(H,23,25)/t14-,15-,16-,17-,19+,20+/m0/s1. The number of likely N-dealkylation sites (tertiary alicyclic amines) is 1. The molecule has 1 aromatic carbocycles. The van der Waals surface area contributed by atoms with Crippen molar-refractivity contribution >= 4 is 23.4 Å². The highest BCUT2D eigenvalue weighted by Crippen LogP contribution is 2.65. The van der Waals surface area contributed by atoms with E-state index in [0.29, 0.717) is 11.8 Å². The minimum Gasteiger partial charge on any atom is -0.326 e. The Morgan fingerprint density at radius 2 is 1.67 bits per heavy atom. The Labute approximate surface area is 158 Å². The molecule has 5 nitrogen and oxygen atoms in total. The zero-order valence-electron chi connectivity index (χ0n) is 15.6. The van der Waals surface area contributed by atoms with E-state index in [4.69, 9.17) is 0 Å². The van der Waals surface area contributed by atoms with E-state index in [2.05, 4.69) is 17.5 Å². The Balaban J connectivity index is 1.24. The first kappa shape index (κ1) is 16.7. The van der Waals surface area contributed by atoms with Gasteiger partial charge in [-0.25, -0.2) is 0 Å². The monoisotopic (exact) mass is 364 g/mol. The Kier molecular flexibility index (Phi) is 3.58. The number of nitrogens with zero attached hydrogens (tertiary/aromatic N) is 1. The average molecular weight is 364 g/mol. The molecule has 3 amide bonds. The van der Waals surface area contributed by atoms with Crippen LogP contribution in [0.3, 0.4) is 0 Å². The molecule has 1 saturated heterocycles. The molecule has 27 heavy (non-hydrogen) atoms. The summed E-state index contributed by atoms with van der Waals surface area (Å²) in [7, 11) is 0. The predicted molar refractivity (Wildman–Crippen MR) is 101 cm³/mol. The van der Waals surface area contributed by atoms with Crippen LogP contribution >= 0.6 is 0 Å². The van der Waals surface area contributed by atoms with Crippen LogP contribution in [0.4, 0.5) is 5.69 Å². The summed E-state index contributed by atoms with van der Waals surface area (Å²) in [6.07, 6.45) is 5.63. The van der Waals surface area contributed by atoms with Gasteiger partial charge in [0.1, 0.15) is 0 Å². The minimum atomic E-state index is -0.181. The van der Waals surface area contributed by atoms with Crippen LogP contribution < -0.4 is 5.32 Å². The van der Waals surface area contributed by atoms with Crippen LogP contribution in [0.5, 0.6) is 0 Å². The van der Waals surface area contributed by atoms with Gasteiger partial charge in [-0.3, -0.25) is 19.3 Å². The summed E-state index contributed by atoms with van der Waals surface area (Å²) in [6, 6.07) is 5.78. The van der Waals surface area contributed by atoms with Crippen LogP contribution in [-0.4, -0.2) is 29.2 Å². The van der Waals surface area contributed by atoms with Gasteiger partial charge in [0.05, 0.1) is 11.8 Å². The Morgan fingerprint density at radius 3 is 2.26 bits per heavy atom. The molecule has 2 bridgehead atoms. The second kappa shape index (κ2) is 5.78. The number of imide groups is 1. The third kappa shape index (κ3) is 2.47. The number of hydrogen-bond acceptors (Lipinski definition) is 3. The lowest BCUT2D eigenvalue weighted by atomic mass is 9.63. The zero-order chi connectivity index (χ0) is 18.9. The minimum absolute atomic E-state index is 0.0614. The van der Waals surface area contributed by atoms with Gasteiger partial charge in [-0.1, -0.05) is 18.2 Å². The molecule has 1 aromatic rings. The van der Waals surface area contributed by atoms with E-state index >= 15 is 0 Å². The van der Waals surface area contributed by atoms with E-state index in [9.17, 15) is 14.4 Å². The van der Waals surface area contributed by atoms with Crippen molar-refractivity contribution in [3.05, 3.63) is 41.5 Å². The summed E-state index contributed by atoms with van der Waals surface area (Å²) in [5.41, 5.74) is 3.03. The van der Waals surface area contributed by atoms with Gasteiger partial charge < -0.3 is 5.32 Å². The second-order valence-corrected chi connectivity index (χ2v) is 8.58. The van der Waals surface area contributed by atoms with E-state index < -0.39 is 0 Å². The fourth-order valence-corrected chi connectivity index (χ4v) is 5.50. The van der Waals surface area contributed by atoms with Gasteiger partial charge in [0.2, 0.25) is 17.7 Å². The van der Waals surface area contributed by atoms with Crippen molar-refractivity contribution in [3.8, 4) is 0 Å². The molecule has 5 aliphatic rings. The molecule has 6 rings (SSSR count). The summed E-state index contributed by atoms with van der Waals surface area (Å²) >= 11 is 0. The van der Waals surface area contributed by atoms with Gasteiger partial charge in [0.15, 0.2) is 0 Å². The van der Waals surface area contributed by atoms with Crippen LogP contribution in [0.25, 0.3) is 0 Å². The molecular weight excluding hydrogens is 340 g/mol. The van der Waals surface area contributed by atoms with Crippen LogP contribution in [0.15, 0.2) is 30.4 Å². The number of carbonyl (C=O) groups is 3. The SMILES string of the molecule is Cc1ccc(NC(=O)CCN2C(=O)[C@@H]3[C@H]4C=C[C@@H]([C@@H]5C[C@@H]45)[C@H]3C2=O)cc1C. The maximum atomic E-state index is 12.9. The second-order valence-electron chi connectivity index (χ2n) is 8.58. The number of rotatable bonds is 4. The molecule has 1 heterocycles. The number of benzene rings is 1. The van der Waals surface area contributed by atoms with Gasteiger partial charge in [-0.2, -0.15) is 0 Å². The lowest BCUT2D eigenvalue weighted by molar-refractivity contribution is -0.140. The smallest absolute Gasteiger partial charge is 0.233 e. The molecule has 0 spiro atoms. The van der Waals surface area contributed by atoms with Crippen LogP contribution in [0.1, 0.15) is 24.0 Å². The third-order valence-electron chi connectivity index (χ3n) is 7.11. The third-order valence-corrected chi connectivity index (χ3v) is 7.11. The van der Waals surface area contributed by atoms with Gasteiger partial charge in [-0.15, -0.1) is 0 Å². The highest BCUT2D eigenvalue weighted by molar-refractivity contribution is 6.06. The van der Waals surface area contributed by atoms with Crippen molar-refractivity contribution in [2.45, 2.75) is 26.7 Å². The van der Waals surface area contributed by atoms with Crippen molar-refractivity contribution in [3.63, 3.8) is 0 Å². The summed E-state index contributed by atoms with van der Waals surface area (Å²) < 4.78 is 0. The number of aryl methyl sites for hydroxylation is 2. The number of hydrogen-bond donors (Lipinski definition) is 1. The fourth-order valence-electron chi connectivity index (χ4n) is 5.50. The van der Waals surface area contributed by atoms with Crippen molar-refractivity contribution < 1.29 is 14.4 Å². The van der Waals surface area contributed by atoms with Gasteiger partial charge in [0, 0.05) is 18.7 Å². The summed E-state index contributed by atoms with van der Waals surface area (Å²) in [5.74, 6) is 1.02. The summed E-state index contributed by atoms with van der Waals surface area (Å²) in [4.78, 5) is 39.5. The van der Waals surface area contributed by atoms with E-state index in [1.165, 1.54) is 10.5 Å². The first-order chi connectivity index (χ1) is 13.0. The molecule has 4 aliphatic carbocycles. The molecule has 140 valence electrons. The molecule has 3 fully saturated rings. The Morgan fingerprint density at radius 1 is 1.04 bits per heavy atom. The quantitative estimate of drug-likeness (QED) is 0.660. The maximum Gasteiger partial charge on any atom is 0.233 e. The lowest BCUT2D eigenvalue weighted by Crippen LogP contribution is -2.40. The highest BCUT2D eigenvalue weighted by Gasteiger charge is 2.66. The van der Waals surface area contributed by atoms with Gasteiger partial charge in [0.25, 0.3) is 0 Å². The van der Waals surface area contributed by atoms with E-state index in [1.54, 1.807) is 0 Å². The first-order valence-electron chi connectivity index (χ1n) is 9.86. The number of allylic oxidation sites excluding steroid dienone is 2. The highest BCUT2D eigenvalue weighted by atomic mass is 16.2. The van der Waals surface area contributed by atoms with Crippen LogP contribution in [0, 0.1) is 49.4 Å². The van der Waals surface area contributed by atoms with Crippen molar-refractivity contribution in [2.75, 3.05) is 11.9 Å². The van der Waals surface area contributed by atoms with E-state index in [1.807, 2.05) is 32.0 Å². The summed E-state index contributed by atoms with van der Waals surface area (Å²) in [5, 5.41) is 2.87.